The number of nitrogens with zero attached hydrogens (tertiary/aromatic N) is 4. The molecule has 1 amide bonds. The summed E-state index contributed by atoms with van der Waals surface area (Å²) in [6.45, 7) is 12.0. The highest BCUT2D eigenvalue weighted by molar-refractivity contribution is 8.26. The number of thioether (sulfide) groups is 1. The van der Waals surface area contributed by atoms with Crippen molar-refractivity contribution in [1.29, 1.82) is 0 Å². The van der Waals surface area contributed by atoms with Crippen LogP contribution in [0.15, 0.2) is 28.0 Å². The SMILES string of the molecule is Cc1ccc2nc(N3C[C@H](C)C[C@H](C)C3)c(/C=C3/SC(=S)N(C(C)C)C3=O)c(=O)n2c1. The standard InChI is InChI=1S/C23H28N4O2S2/c1-13(2)27-22(29)18(31-23(27)30)9-17-20(25-10-15(4)8-16(5)11-25)24-19-7-6-14(3)12-26(19)21(17)28/h6-7,9,12-13,15-16H,8,10-11H2,1-5H3/b18-9+/t15-,16+. The van der Waals surface area contributed by atoms with Crippen LogP contribution < -0.4 is 10.5 Å². The van der Waals surface area contributed by atoms with Gasteiger partial charge >= 0.3 is 0 Å². The van der Waals surface area contributed by atoms with Crippen LogP contribution in [-0.2, 0) is 4.79 Å². The van der Waals surface area contributed by atoms with E-state index in [1.807, 2.05) is 32.9 Å². The van der Waals surface area contributed by atoms with Crippen LogP contribution in [0, 0.1) is 18.8 Å². The van der Waals surface area contributed by atoms with Crippen molar-refractivity contribution in [1.82, 2.24) is 14.3 Å². The predicted octanol–water partition coefficient (Wildman–Crippen LogP) is 4.09. The molecule has 0 radical (unpaired) electrons. The highest BCUT2D eigenvalue weighted by atomic mass is 32.2. The summed E-state index contributed by atoms with van der Waals surface area (Å²) in [5.74, 6) is 1.52. The Morgan fingerprint density at radius 2 is 1.87 bits per heavy atom. The lowest BCUT2D eigenvalue weighted by Gasteiger charge is -2.36. The van der Waals surface area contributed by atoms with Crippen LogP contribution in [0.3, 0.4) is 0 Å². The normalized spacial score (nSPS) is 23.6. The fraction of sp³-hybridized carbons (Fsp3) is 0.478. The van der Waals surface area contributed by atoms with Gasteiger partial charge in [-0.25, -0.2) is 4.98 Å². The Morgan fingerprint density at radius 1 is 1.19 bits per heavy atom. The Balaban J connectivity index is 1.90. The number of pyridine rings is 1. The number of amides is 1. The number of carbonyl (C=O) groups is 1. The highest BCUT2D eigenvalue weighted by Gasteiger charge is 2.35. The van der Waals surface area contributed by atoms with Gasteiger partial charge in [-0.05, 0) is 56.7 Å². The van der Waals surface area contributed by atoms with Crippen LogP contribution in [0.5, 0.6) is 0 Å². The number of anilines is 1. The van der Waals surface area contributed by atoms with Gasteiger partial charge in [0.1, 0.15) is 15.8 Å². The van der Waals surface area contributed by atoms with E-state index >= 15 is 0 Å². The van der Waals surface area contributed by atoms with Gasteiger partial charge in [-0.2, -0.15) is 0 Å². The molecule has 4 heterocycles. The van der Waals surface area contributed by atoms with E-state index < -0.39 is 0 Å². The molecule has 2 aromatic heterocycles. The van der Waals surface area contributed by atoms with Crippen molar-refractivity contribution >= 4 is 51.7 Å². The number of fused-ring (bicyclic) bond motifs is 1. The van der Waals surface area contributed by atoms with E-state index in [4.69, 9.17) is 17.2 Å². The number of hydrogen-bond donors (Lipinski definition) is 0. The van der Waals surface area contributed by atoms with Gasteiger partial charge in [0.15, 0.2) is 0 Å². The lowest BCUT2D eigenvalue weighted by atomic mass is 9.91. The van der Waals surface area contributed by atoms with Crippen molar-refractivity contribution in [3.63, 3.8) is 0 Å². The van der Waals surface area contributed by atoms with Crippen LogP contribution in [-0.4, -0.2) is 43.6 Å². The van der Waals surface area contributed by atoms with E-state index in [1.165, 1.54) is 11.8 Å². The Morgan fingerprint density at radius 3 is 2.48 bits per heavy atom. The first kappa shape index (κ1) is 22.0. The number of carbonyl (C=O) groups excluding carboxylic acids is 1. The van der Waals surface area contributed by atoms with E-state index in [1.54, 1.807) is 21.6 Å². The molecule has 8 heteroatoms. The number of aryl methyl sites for hydroxylation is 1. The van der Waals surface area contributed by atoms with Gasteiger partial charge in [0.2, 0.25) is 0 Å². The Labute approximate surface area is 192 Å². The van der Waals surface area contributed by atoms with E-state index in [-0.39, 0.29) is 17.5 Å². The van der Waals surface area contributed by atoms with Crippen LogP contribution in [0.1, 0.15) is 45.2 Å². The molecule has 0 N–H and O–H groups in total. The van der Waals surface area contributed by atoms with E-state index in [0.29, 0.717) is 38.1 Å². The molecule has 0 unspecified atom stereocenters. The van der Waals surface area contributed by atoms with Gasteiger partial charge in [0.25, 0.3) is 11.5 Å². The minimum absolute atomic E-state index is 0.0276. The maximum atomic E-state index is 13.6. The quantitative estimate of drug-likeness (QED) is 0.512. The zero-order valence-electron chi connectivity index (χ0n) is 18.6. The maximum absolute atomic E-state index is 13.6. The minimum Gasteiger partial charge on any atom is -0.355 e. The summed E-state index contributed by atoms with van der Waals surface area (Å²) < 4.78 is 2.10. The molecular formula is C23H28N4O2S2. The molecule has 0 saturated carbocycles. The molecule has 2 aliphatic rings. The summed E-state index contributed by atoms with van der Waals surface area (Å²) in [6, 6.07) is 3.81. The third kappa shape index (κ3) is 4.15. The van der Waals surface area contributed by atoms with Gasteiger partial charge in [-0.3, -0.25) is 18.9 Å². The molecule has 2 fully saturated rings. The van der Waals surface area contributed by atoms with Gasteiger partial charge in [0, 0.05) is 25.3 Å². The Kier molecular flexibility index (Phi) is 5.96. The predicted molar refractivity (Wildman–Crippen MR) is 132 cm³/mol. The molecule has 0 bridgehead atoms. The number of rotatable bonds is 3. The van der Waals surface area contributed by atoms with Crippen molar-refractivity contribution < 1.29 is 4.79 Å². The van der Waals surface area contributed by atoms with Gasteiger partial charge < -0.3 is 4.90 Å². The second kappa shape index (κ2) is 8.39. The summed E-state index contributed by atoms with van der Waals surface area (Å²) >= 11 is 6.67. The van der Waals surface area contributed by atoms with Crippen LogP contribution in [0.25, 0.3) is 11.7 Å². The van der Waals surface area contributed by atoms with Crippen LogP contribution in [0.2, 0.25) is 0 Å². The molecule has 2 saturated heterocycles. The van der Waals surface area contributed by atoms with E-state index in [2.05, 4.69) is 18.7 Å². The fourth-order valence-corrected chi connectivity index (χ4v) is 6.01. The van der Waals surface area contributed by atoms with Crippen LogP contribution >= 0.6 is 24.0 Å². The first-order chi connectivity index (χ1) is 14.7. The van der Waals surface area contributed by atoms with Crippen molar-refractivity contribution in [2.75, 3.05) is 18.0 Å². The van der Waals surface area contributed by atoms with Gasteiger partial charge in [-0.1, -0.05) is 43.9 Å². The Bertz CT molecular complexity index is 1140. The Hall–Kier alpha value is -2.19. The van der Waals surface area contributed by atoms with Crippen LogP contribution in [0.4, 0.5) is 5.82 Å². The number of piperidine rings is 1. The lowest BCUT2D eigenvalue weighted by molar-refractivity contribution is -0.123. The number of hydrogen-bond acceptors (Lipinski definition) is 6. The third-order valence-corrected chi connectivity index (χ3v) is 7.10. The second-order valence-electron chi connectivity index (χ2n) is 9.09. The summed E-state index contributed by atoms with van der Waals surface area (Å²) in [5.41, 5.74) is 1.88. The van der Waals surface area contributed by atoms with E-state index in [9.17, 15) is 9.59 Å². The summed E-state index contributed by atoms with van der Waals surface area (Å²) in [7, 11) is 0. The topological polar surface area (TPSA) is 57.9 Å². The highest BCUT2D eigenvalue weighted by Crippen LogP contribution is 2.35. The zero-order chi connectivity index (χ0) is 22.4. The molecule has 0 spiro atoms. The summed E-state index contributed by atoms with van der Waals surface area (Å²) in [5, 5.41) is 0. The molecule has 0 aliphatic carbocycles. The molecule has 4 rings (SSSR count). The van der Waals surface area contributed by atoms with Crippen molar-refractivity contribution in [2.45, 2.75) is 47.1 Å². The molecule has 2 atom stereocenters. The fourth-order valence-electron chi connectivity index (χ4n) is 4.51. The summed E-state index contributed by atoms with van der Waals surface area (Å²) in [6.07, 6.45) is 4.66. The molecule has 0 aromatic carbocycles. The zero-order valence-corrected chi connectivity index (χ0v) is 20.2. The first-order valence-electron chi connectivity index (χ1n) is 10.7. The molecule has 164 valence electrons. The first-order valence-corrected chi connectivity index (χ1v) is 11.9. The molecule has 6 nitrogen and oxygen atoms in total. The average molecular weight is 457 g/mol. The average Bonchev–Trinajstić information content (AvgIpc) is 2.96. The smallest absolute Gasteiger partial charge is 0.267 e. The molecule has 2 aliphatic heterocycles. The monoisotopic (exact) mass is 456 g/mol. The number of aromatic nitrogens is 2. The van der Waals surface area contributed by atoms with E-state index in [0.717, 1.165) is 25.1 Å². The molecular weight excluding hydrogens is 428 g/mol. The third-order valence-electron chi connectivity index (χ3n) is 5.77. The van der Waals surface area contributed by atoms with Crippen molar-refractivity contribution in [2.24, 2.45) is 11.8 Å². The molecule has 2 aromatic rings. The van der Waals surface area contributed by atoms with Gasteiger partial charge in [0.05, 0.1) is 10.5 Å². The largest absolute Gasteiger partial charge is 0.355 e. The second-order valence-corrected chi connectivity index (χ2v) is 10.8. The van der Waals surface area contributed by atoms with Crippen molar-refractivity contribution in [3.05, 3.63) is 44.7 Å². The number of thiocarbonyl (C=S) groups is 1. The minimum atomic E-state index is -0.163. The molecule has 31 heavy (non-hydrogen) atoms. The lowest BCUT2D eigenvalue weighted by Crippen LogP contribution is -2.40. The van der Waals surface area contributed by atoms with Crippen molar-refractivity contribution in [3.8, 4) is 0 Å². The maximum Gasteiger partial charge on any atom is 0.267 e. The van der Waals surface area contributed by atoms with Gasteiger partial charge in [-0.15, -0.1) is 0 Å². The summed E-state index contributed by atoms with van der Waals surface area (Å²) in [4.78, 5) is 35.7.